The Labute approximate surface area is 223 Å². The standard InChI is InChI=1S/C29H36N4O5/c1-3-5-11-26-30-19-25(33(26)20-22-12-14-23(15-13-22)29(36)38-16-4-2)28(35)31-24(18-27(34)32-37)17-21-9-7-6-8-10-21/h6-10,12-15,19,24,37H,3-5,11,16-18,20H2,1-2H3,(H,31,35)(H,32,34). The number of carbonyl (C=O) groups is 3. The fraction of sp³-hybridized carbons (Fsp3) is 0.379. The van der Waals surface area contributed by atoms with Crippen molar-refractivity contribution in [2.45, 2.75) is 65.0 Å². The monoisotopic (exact) mass is 520 g/mol. The number of benzene rings is 2. The van der Waals surface area contributed by atoms with E-state index in [0.29, 0.717) is 37.3 Å². The molecule has 2 aromatic carbocycles. The largest absolute Gasteiger partial charge is 0.462 e. The van der Waals surface area contributed by atoms with Gasteiger partial charge in [-0.25, -0.2) is 15.3 Å². The van der Waals surface area contributed by atoms with Gasteiger partial charge in [-0.05, 0) is 42.5 Å². The van der Waals surface area contributed by atoms with Gasteiger partial charge >= 0.3 is 5.97 Å². The Morgan fingerprint density at radius 3 is 2.39 bits per heavy atom. The Balaban J connectivity index is 1.81. The Morgan fingerprint density at radius 2 is 1.74 bits per heavy atom. The quantitative estimate of drug-likeness (QED) is 0.167. The lowest BCUT2D eigenvalue weighted by atomic mass is 10.0. The maximum Gasteiger partial charge on any atom is 0.338 e. The van der Waals surface area contributed by atoms with Gasteiger partial charge in [-0.15, -0.1) is 0 Å². The van der Waals surface area contributed by atoms with Gasteiger partial charge in [0.1, 0.15) is 11.5 Å². The second kappa shape index (κ2) is 14.7. The molecule has 0 saturated carbocycles. The second-order valence-electron chi connectivity index (χ2n) is 9.18. The van der Waals surface area contributed by atoms with Crippen molar-refractivity contribution in [1.82, 2.24) is 20.3 Å². The molecule has 0 saturated heterocycles. The number of esters is 1. The lowest BCUT2D eigenvalue weighted by molar-refractivity contribution is -0.129. The summed E-state index contributed by atoms with van der Waals surface area (Å²) in [5.41, 5.74) is 4.36. The highest BCUT2D eigenvalue weighted by atomic mass is 16.5. The minimum Gasteiger partial charge on any atom is -0.462 e. The van der Waals surface area contributed by atoms with Crippen molar-refractivity contribution in [1.29, 1.82) is 0 Å². The highest BCUT2D eigenvalue weighted by Gasteiger charge is 2.22. The van der Waals surface area contributed by atoms with Crippen molar-refractivity contribution in [2.24, 2.45) is 0 Å². The first kappa shape index (κ1) is 28.6. The predicted molar refractivity (Wildman–Crippen MR) is 143 cm³/mol. The van der Waals surface area contributed by atoms with Gasteiger partial charge < -0.3 is 14.6 Å². The third kappa shape index (κ3) is 8.27. The zero-order valence-electron chi connectivity index (χ0n) is 22.0. The van der Waals surface area contributed by atoms with E-state index in [1.807, 2.05) is 54.0 Å². The number of aryl methyl sites for hydroxylation is 1. The van der Waals surface area contributed by atoms with Gasteiger partial charge in [0, 0.05) is 25.4 Å². The van der Waals surface area contributed by atoms with Gasteiger partial charge in [-0.1, -0.05) is 62.7 Å². The molecule has 0 aliphatic rings. The first-order valence-electron chi connectivity index (χ1n) is 13.0. The van der Waals surface area contributed by atoms with Gasteiger partial charge in [0.2, 0.25) is 5.91 Å². The van der Waals surface area contributed by atoms with Crippen LogP contribution in [0.4, 0.5) is 0 Å². The van der Waals surface area contributed by atoms with Crippen LogP contribution in [0.15, 0.2) is 60.8 Å². The van der Waals surface area contributed by atoms with Gasteiger partial charge in [0.15, 0.2) is 0 Å². The Morgan fingerprint density at radius 1 is 1.00 bits per heavy atom. The lowest BCUT2D eigenvalue weighted by Crippen LogP contribution is -2.41. The number of nitrogens with one attached hydrogen (secondary N) is 2. The summed E-state index contributed by atoms with van der Waals surface area (Å²) in [6, 6.07) is 16.1. The zero-order chi connectivity index (χ0) is 27.3. The summed E-state index contributed by atoms with van der Waals surface area (Å²) in [5.74, 6) is -0.509. The van der Waals surface area contributed by atoms with Crippen molar-refractivity contribution < 1.29 is 24.3 Å². The minimum absolute atomic E-state index is 0.0798. The number of nitrogens with zero attached hydrogens (tertiary/aromatic N) is 2. The topological polar surface area (TPSA) is 123 Å². The van der Waals surface area contributed by atoms with Crippen LogP contribution in [0.3, 0.4) is 0 Å². The summed E-state index contributed by atoms with van der Waals surface area (Å²) in [4.78, 5) is 42.0. The Kier molecular flexibility index (Phi) is 11.0. The highest BCUT2D eigenvalue weighted by Crippen LogP contribution is 2.15. The molecule has 0 aliphatic carbocycles. The van der Waals surface area contributed by atoms with Gasteiger partial charge in [0.25, 0.3) is 5.91 Å². The average molecular weight is 521 g/mol. The maximum atomic E-state index is 13.4. The molecule has 3 N–H and O–H groups in total. The highest BCUT2D eigenvalue weighted by molar-refractivity contribution is 5.93. The van der Waals surface area contributed by atoms with Gasteiger partial charge in [-0.3, -0.25) is 14.8 Å². The number of hydroxylamine groups is 1. The van der Waals surface area contributed by atoms with Crippen LogP contribution in [0.1, 0.15) is 77.3 Å². The Bertz CT molecular complexity index is 1190. The fourth-order valence-electron chi connectivity index (χ4n) is 4.11. The molecule has 38 heavy (non-hydrogen) atoms. The molecule has 0 bridgehead atoms. The molecule has 202 valence electrons. The molecule has 0 spiro atoms. The van der Waals surface area contributed by atoms with Crippen LogP contribution in [0, 0.1) is 0 Å². The summed E-state index contributed by atoms with van der Waals surface area (Å²) in [6.07, 6.45) is 5.28. The van der Waals surface area contributed by atoms with E-state index < -0.39 is 11.9 Å². The molecule has 1 aromatic heterocycles. The molecule has 1 unspecified atom stereocenters. The molecule has 1 heterocycles. The summed E-state index contributed by atoms with van der Waals surface area (Å²) in [5, 5.41) is 12.0. The summed E-state index contributed by atoms with van der Waals surface area (Å²) >= 11 is 0. The van der Waals surface area contributed by atoms with E-state index in [4.69, 9.17) is 9.94 Å². The van der Waals surface area contributed by atoms with E-state index in [-0.39, 0.29) is 18.3 Å². The third-order valence-electron chi connectivity index (χ3n) is 6.11. The van der Waals surface area contributed by atoms with Crippen molar-refractivity contribution in [2.75, 3.05) is 6.61 Å². The number of amides is 2. The van der Waals surface area contributed by atoms with E-state index in [1.54, 1.807) is 23.8 Å². The van der Waals surface area contributed by atoms with Crippen LogP contribution >= 0.6 is 0 Å². The van der Waals surface area contributed by atoms with E-state index in [9.17, 15) is 14.4 Å². The van der Waals surface area contributed by atoms with Crippen LogP contribution in [-0.2, 0) is 28.9 Å². The van der Waals surface area contributed by atoms with E-state index in [2.05, 4.69) is 17.2 Å². The number of aromatic nitrogens is 2. The van der Waals surface area contributed by atoms with Crippen molar-refractivity contribution in [3.05, 3.63) is 89.0 Å². The van der Waals surface area contributed by atoms with Crippen molar-refractivity contribution in [3.8, 4) is 0 Å². The fourth-order valence-corrected chi connectivity index (χ4v) is 4.11. The summed E-state index contributed by atoms with van der Waals surface area (Å²) in [6.45, 7) is 4.81. The molecule has 9 heteroatoms. The van der Waals surface area contributed by atoms with Crippen LogP contribution in [-0.4, -0.2) is 45.2 Å². The molecule has 0 aliphatic heterocycles. The average Bonchev–Trinajstić information content (AvgIpc) is 3.33. The number of imidazole rings is 1. The smallest absolute Gasteiger partial charge is 0.338 e. The lowest BCUT2D eigenvalue weighted by Gasteiger charge is -2.19. The normalized spacial score (nSPS) is 11.6. The third-order valence-corrected chi connectivity index (χ3v) is 6.11. The second-order valence-corrected chi connectivity index (χ2v) is 9.18. The minimum atomic E-state index is -0.582. The van der Waals surface area contributed by atoms with Gasteiger partial charge in [0.05, 0.1) is 18.4 Å². The number of carbonyl (C=O) groups excluding carboxylic acids is 3. The molecule has 3 rings (SSSR count). The SMILES string of the molecule is CCCCc1ncc(C(=O)NC(CC(=O)NO)Cc2ccccc2)n1Cc1ccc(C(=O)OCCC)cc1. The first-order valence-corrected chi connectivity index (χ1v) is 13.0. The van der Waals surface area contributed by atoms with Crippen LogP contribution < -0.4 is 10.8 Å². The maximum absolute atomic E-state index is 13.4. The van der Waals surface area contributed by atoms with Crippen LogP contribution in [0.5, 0.6) is 0 Å². The number of ether oxygens (including phenoxy) is 1. The van der Waals surface area contributed by atoms with Gasteiger partial charge in [-0.2, -0.15) is 0 Å². The van der Waals surface area contributed by atoms with E-state index in [1.165, 1.54) is 0 Å². The zero-order valence-corrected chi connectivity index (χ0v) is 22.0. The molecular formula is C29H36N4O5. The molecule has 0 fully saturated rings. The van der Waals surface area contributed by atoms with E-state index in [0.717, 1.165) is 36.2 Å². The first-order chi connectivity index (χ1) is 18.4. The molecule has 3 aromatic rings. The molecule has 0 radical (unpaired) electrons. The summed E-state index contributed by atoms with van der Waals surface area (Å²) < 4.78 is 7.08. The van der Waals surface area contributed by atoms with E-state index >= 15 is 0 Å². The molecule has 2 amide bonds. The molecule has 9 nitrogen and oxygen atoms in total. The van der Waals surface area contributed by atoms with Crippen molar-refractivity contribution in [3.63, 3.8) is 0 Å². The number of unbranched alkanes of at least 4 members (excludes halogenated alkanes) is 1. The summed E-state index contributed by atoms with van der Waals surface area (Å²) in [7, 11) is 0. The number of rotatable bonds is 14. The Hall–Kier alpha value is -3.98. The molecular weight excluding hydrogens is 484 g/mol. The number of hydrogen-bond acceptors (Lipinski definition) is 6. The van der Waals surface area contributed by atoms with Crippen molar-refractivity contribution >= 4 is 17.8 Å². The van der Waals surface area contributed by atoms with Crippen LogP contribution in [0.2, 0.25) is 0 Å². The molecule has 1 atom stereocenters. The predicted octanol–water partition coefficient (Wildman–Crippen LogP) is 4.08. The van der Waals surface area contributed by atoms with Crippen LogP contribution in [0.25, 0.3) is 0 Å². The number of hydrogen-bond donors (Lipinski definition) is 3.